The summed E-state index contributed by atoms with van der Waals surface area (Å²) in [5.41, 5.74) is 5.79. The second kappa shape index (κ2) is 4.74. The van der Waals surface area contributed by atoms with Crippen LogP contribution in [-0.2, 0) is 4.79 Å². The molecule has 16 heavy (non-hydrogen) atoms. The van der Waals surface area contributed by atoms with Gasteiger partial charge in [0.15, 0.2) is 0 Å². The molecule has 1 heterocycles. The number of carbonyl (C=O) groups is 1. The monoisotopic (exact) mass is 226 g/mol. The van der Waals surface area contributed by atoms with E-state index in [4.69, 9.17) is 5.73 Å². The van der Waals surface area contributed by atoms with Crippen molar-refractivity contribution in [3.8, 4) is 0 Å². The predicted octanol–water partition coefficient (Wildman–Crippen LogP) is 2.15. The van der Waals surface area contributed by atoms with Crippen molar-refractivity contribution in [2.45, 2.75) is 58.9 Å². The molecule has 0 bridgehead atoms. The van der Waals surface area contributed by atoms with Gasteiger partial charge in [0.1, 0.15) is 0 Å². The van der Waals surface area contributed by atoms with Gasteiger partial charge in [0, 0.05) is 13.1 Å². The number of amides is 1. The number of nitrogens with two attached hydrogens (primary N) is 1. The third kappa shape index (κ3) is 3.21. The Bertz CT molecular complexity index is 249. The predicted molar refractivity (Wildman–Crippen MR) is 67.1 cm³/mol. The number of carbonyl (C=O) groups excluding carboxylic acids is 1. The van der Waals surface area contributed by atoms with E-state index in [9.17, 15) is 4.79 Å². The lowest BCUT2D eigenvalue weighted by Gasteiger charge is -2.40. The summed E-state index contributed by atoms with van der Waals surface area (Å²) in [5, 5.41) is 0. The highest BCUT2D eigenvalue weighted by atomic mass is 16.2. The van der Waals surface area contributed by atoms with Crippen molar-refractivity contribution >= 4 is 5.91 Å². The summed E-state index contributed by atoms with van der Waals surface area (Å²) >= 11 is 0. The minimum absolute atomic E-state index is 0.129. The van der Waals surface area contributed by atoms with Crippen LogP contribution >= 0.6 is 0 Å². The highest BCUT2D eigenvalue weighted by Crippen LogP contribution is 2.30. The van der Waals surface area contributed by atoms with Crippen molar-refractivity contribution in [2.24, 2.45) is 11.1 Å². The maximum atomic E-state index is 12.2. The lowest BCUT2D eigenvalue weighted by Crippen LogP contribution is -2.55. The van der Waals surface area contributed by atoms with Gasteiger partial charge in [0.25, 0.3) is 0 Å². The van der Waals surface area contributed by atoms with E-state index >= 15 is 0 Å². The molecule has 0 aliphatic carbocycles. The Morgan fingerprint density at radius 1 is 1.38 bits per heavy atom. The molecular formula is C13H26N2O. The Morgan fingerprint density at radius 3 is 2.31 bits per heavy atom. The third-order valence-electron chi connectivity index (χ3n) is 3.66. The van der Waals surface area contributed by atoms with Crippen molar-refractivity contribution < 1.29 is 4.79 Å². The van der Waals surface area contributed by atoms with Crippen LogP contribution in [0.25, 0.3) is 0 Å². The number of piperidine rings is 1. The van der Waals surface area contributed by atoms with Crippen LogP contribution < -0.4 is 5.73 Å². The van der Waals surface area contributed by atoms with E-state index in [1.54, 1.807) is 0 Å². The fourth-order valence-corrected chi connectivity index (χ4v) is 2.30. The highest BCUT2D eigenvalue weighted by molar-refractivity contribution is 5.85. The molecule has 1 amide bonds. The summed E-state index contributed by atoms with van der Waals surface area (Å²) in [6.45, 7) is 10.2. The van der Waals surface area contributed by atoms with Gasteiger partial charge in [0.2, 0.25) is 5.91 Å². The van der Waals surface area contributed by atoms with Crippen molar-refractivity contribution in [2.75, 3.05) is 13.1 Å². The average molecular weight is 226 g/mol. The van der Waals surface area contributed by atoms with Crippen LogP contribution in [-0.4, -0.2) is 29.4 Å². The number of hydrogen-bond donors (Lipinski definition) is 1. The molecule has 0 spiro atoms. The van der Waals surface area contributed by atoms with Gasteiger partial charge in [-0.25, -0.2) is 0 Å². The molecule has 1 unspecified atom stereocenters. The van der Waals surface area contributed by atoms with Crippen molar-refractivity contribution in [3.63, 3.8) is 0 Å². The molecule has 1 aliphatic heterocycles. The molecule has 1 aliphatic rings. The summed E-state index contributed by atoms with van der Waals surface area (Å²) in [5.74, 6) is 0.129. The van der Waals surface area contributed by atoms with Crippen LogP contribution in [0.5, 0.6) is 0 Å². The molecule has 0 radical (unpaired) electrons. The van der Waals surface area contributed by atoms with Gasteiger partial charge in [-0.05, 0) is 31.6 Å². The molecular weight excluding hydrogens is 200 g/mol. The average Bonchev–Trinajstić information content (AvgIpc) is 2.16. The summed E-state index contributed by atoms with van der Waals surface area (Å²) < 4.78 is 0. The Morgan fingerprint density at radius 2 is 1.88 bits per heavy atom. The van der Waals surface area contributed by atoms with Crippen LogP contribution in [0.3, 0.4) is 0 Å². The topological polar surface area (TPSA) is 46.3 Å². The molecule has 0 aromatic carbocycles. The first-order valence-corrected chi connectivity index (χ1v) is 6.37. The van der Waals surface area contributed by atoms with E-state index in [0.717, 1.165) is 38.8 Å². The summed E-state index contributed by atoms with van der Waals surface area (Å²) in [4.78, 5) is 14.2. The fraction of sp³-hybridized carbons (Fsp3) is 0.923. The van der Waals surface area contributed by atoms with Crippen LogP contribution in [0.2, 0.25) is 0 Å². The Balaban J connectivity index is 2.57. The maximum absolute atomic E-state index is 12.2. The zero-order valence-electron chi connectivity index (χ0n) is 11.2. The van der Waals surface area contributed by atoms with Gasteiger partial charge in [-0.1, -0.05) is 27.2 Å². The molecule has 1 atom stereocenters. The van der Waals surface area contributed by atoms with Crippen LogP contribution in [0.1, 0.15) is 53.4 Å². The van der Waals surface area contributed by atoms with E-state index < -0.39 is 5.54 Å². The van der Waals surface area contributed by atoms with Crippen molar-refractivity contribution in [1.82, 2.24) is 4.90 Å². The number of hydrogen-bond acceptors (Lipinski definition) is 2. The SMILES string of the molecule is CCCC(C)(N)C(=O)N1CCC(C)(C)CC1. The number of likely N-dealkylation sites (tertiary alicyclic amines) is 1. The molecule has 3 heteroatoms. The van der Waals surface area contributed by atoms with Crippen LogP contribution in [0, 0.1) is 5.41 Å². The quantitative estimate of drug-likeness (QED) is 0.801. The van der Waals surface area contributed by atoms with E-state index in [1.165, 1.54) is 0 Å². The van der Waals surface area contributed by atoms with Gasteiger partial charge >= 0.3 is 0 Å². The van der Waals surface area contributed by atoms with Gasteiger partial charge in [0.05, 0.1) is 5.54 Å². The molecule has 2 N–H and O–H groups in total. The Hall–Kier alpha value is -0.570. The molecule has 0 aromatic heterocycles. The lowest BCUT2D eigenvalue weighted by atomic mass is 9.82. The first-order valence-electron chi connectivity index (χ1n) is 6.37. The van der Waals surface area contributed by atoms with Gasteiger partial charge in [-0.3, -0.25) is 4.79 Å². The largest absolute Gasteiger partial charge is 0.341 e. The lowest BCUT2D eigenvalue weighted by molar-refractivity contribution is -0.138. The van der Waals surface area contributed by atoms with Gasteiger partial charge in [-0.15, -0.1) is 0 Å². The first-order chi connectivity index (χ1) is 7.28. The molecule has 1 saturated heterocycles. The van der Waals surface area contributed by atoms with Crippen LogP contribution in [0.15, 0.2) is 0 Å². The smallest absolute Gasteiger partial charge is 0.242 e. The van der Waals surface area contributed by atoms with Crippen molar-refractivity contribution in [1.29, 1.82) is 0 Å². The maximum Gasteiger partial charge on any atom is 0.242 e. The summed E-state index contributed by atoms with van der Waals surface area (Å²) in [6, 6.07) is 0. The van der Waals surface area contributed by atoms with E-state index in [0.29, 0.717) is 5.41 Å². The second-order valence-electron chi connectivity index (χ2n) is 6.12. The second-order valence-corrected chi connectivity index (χ2v) is 6.12. The molecule has 0 saturated carbocycles. The summed E-state index contributed by atoms with van der Waals surface area (Å²) in [7, 11) is 0. The highest BCUT2D eigenvalue weighted by Gasteiger charge is 2.35. The van der Waals surface area contributed by atoms with E-state index in [2.05, 4.69) is 20.8 Å². The molecule has 0 aromatic rings. The van der Waals surface area contributed by atoms with E-state index in [1.807, 2.05) is 11.8 Å². The number of rotatable bonds is 3. The van der Waals surface area contributed by atoms with Gasteiger partial charge in [-0.2, -0.15) is 0 Å². The Kier molecular flexibility index (Phi) is 4.00. The van der Waals surface area contributed by atoms with Crippen molar-refractivity contribution in [3.05, 3.63) is 0 Å². The van der Waals surface area contributed by atoms with E-state index in [-0.39, 0.29) is 5.91 Å². The molecule has 94 valence electrons. The molecule has 1 fully saturated rings. The third-order valence-corrected chi connectivity index (χ3v) is 3.66. The van der Waals surface area contributed by atoms with Gasteiger partial charge < -0.3 is 10.6 Å². The zero-order chi connectivity index (χ0) is 12.4. The Labute approximate surface area is 99.4 Å². The zero-order valence-corrected chi connectivity index (χ0v) is 11.2. The first kappa shape index (κ1) is 13.5. The molecule has 3 nitrogen and oxygen atoms in total. The summed E-state index contributed by atoms with van der Waals surface area (Å²) in [6.07, 6.45) is 3.89. The minimum Gasteiger partial charge on any atom is -0.341 e. The minimum atomic E-state index is -0.670. The van der Waals surface area contributed by atoms with Crippen LogP contribution in [0.4, 0.5) is 0 Å². The number of nitrogens with zero attached hydrogens (tertiary/aromatic N) is 1. The fourth-order valence-electron chi connectivity index (χ4n) is 2.30. The molecule has 1 rings (SSSR count). The standard InChI is InChI=1S/C13H26N2O/c1-5-6-13(4,14)11(16)15-9-7-12(2,3)8-10-15/h5-10,14H2,1-4H3. The normalized spacial score (nSPS) is 23.9.